The number of benzene rings is 1. The quantitative estimate of drug-likeness (QED) is 0.683. The van der Waals surface area contributed by atoms with Crippen LogP contribution in [0.3, 0.4) is 0 Å². The topological polar surface area (TPSA) is 122 Å². The lowest BCUT2D eigenvalue weighted by Gasteiger charge is -2.28. The number of hydrogen-bond donors (Lipinski definition) is 1. The fourth-order valence-electron chi connectivity index (χ4n) is 4.36. The van der Waals surface area contributed by atoms with Crippen molar-refractivity contribution in [1.29, 1.82) is 0 Å². The van der Waals surface area contributed by atoms with Gasteiger partial charge in [-0.1, -0.05) is 6.07 Å². The van der Waals surface area contributed by atoms with Crippen molar-refractivity contribution in [3.63, 3.8) is 0 Å². The van der Waals surface area contributed by atoms with E-state index in [1.807, 2.05) is 4.72 Å². The Morgan fingerprint density at radius 3 is 2.18 bits per heavy atom. The van der Waals surface area contributed by atoms with Crippen LogP contribution >= 0.6 is 0 Å². The van der Waals surface area contributed by atoms with Crippen LogP contribution in [-0.4, -0.2) is 49.4 Å². The minimum Gasteiger partial charge on any atom is -0.443 e. The second-order valence-corrected chi connectivity index (χ2v) is 11.6. The monoisotopic (exact) mass is 490 g/mol. The number of aryl methyl sites for hydroxylation is 2. The number of nitrogens with one attached hydrogen (secondary N) is 1. The molecule has 1 heterocycles. The van der Waals surface area contributed by atoms with Gasteiger partial charge in [0, 0.05) is 14.1 Å². The van der Waals surface area contributed by atoms with E-state index in [1.54, 1.807) is 20.8 Å². The number of aromatic nitrogens is 1. The average molecular weight is 491 g/mol. The lowest BCUT2D eigenvalue weighted by molar-refractivity contribution is 0.0591. The molecule has 2 amide bonds. The maximum absolute atomic E-state index is 13.5. The van der Waals surface area contributed by atoms with E-state index >= 15 is 0 Å². The number of hydrogen-bond acceptors (Lipinski definition) is 7. The molecular weight excluding hydrogens is 460 g/mol. The van der Waals surface area contributed by atoms with Gasteiger partial charge in [-0.2, -0.15) is 17.6 Å². The molecule has 2 aromatic rings. The predicted molar refractivity (Wildman–Crippen MR) is 125 cm³/mol. The highest BCUT2D eigenvalue weighted by Crippen LogP contribution is 2.43. The summed E-state index contributed by atoms with van der Waals surface area (Å²) >= 11 is 0. The highest BCUT2D eigenvalue weighted by molar-refractivity contribution is 7.87. The van der Waals surface area contributed by atoms with Gasteiger partial charge in [0.2, 0.25) is 5.76 Å². The molecule has 0 bridgehead atoms. The Morgan fingerprint density at radius 2 is 1.65 bits per heavy atom. The van der Waals surface area contributed by atoms with Crippen LogP contribution in [0.15, 0.2) is 16.7 Å². The third kappa shape index (κ3) is 4.67. The Balaban J connectivity index is 1.79. The van der Waals surface area contributed by atoms with Crippen molar-refractivity contribution in [2.45, 2.75) is 64.9 Å². The van der Waals surface area contributed by atoms with Gasteiger partial charge in [0.1, 0.15) is 5.60 Å². The van der Waals surface area contributed by atoms with E-state index in [0.717, 1.165) is 60.2 Å². The summed E-state index contributed by atoms with van der Waals surface area (Å²) in [4.78, 5) is 31.5. The first-order valence-electron chi connectivity index (χ1n) is 11.3. The average Bonchev–Trinajstić information content (AvgIpc) is 3.46. The predicted octanol–water partition coefficient (Wildman–Crippen LogP) is 3.26. The lowest BCUT2D eigenvalue weighted by atomic mass is 9.98. The number of oxazole rings is 1. The van der Waals surface area contributed by atoms with Crippen LogP contribution in [-0.2, 0) is 40.6 Å². The summed E-state index contributed by atoms with van der Waals surface area (Å²) in [5.74, 6) is -1.32. The van der Waals surface area contributed by atoms with Crippen LogP contribution in [0.1, 0.15) is 66.4 Å². The van der Waals surface area contributed by atoms with Crippen molar-refractivity contribution in [2.24, 2.45) is 0 Å². The van der Waals surface area contributed by atoms with Crippen LogP contribution in [0.2, 0.25) is 0 Å². The Labute approximate surface area is 199 Å². The fraction of sp³-hybridized carbons (Fsp3) is 0.522. The number of amides is 2. The zero-order valence-corrected chi connectivity index (χ0v) is 20.9. The number of anilines is 2. The van der Waals surface area contributed by atoms with Crippen molar-refractivity contribution >= 4 is 33.9 Å². The van der Waals surface area contributed by atoms with Crippen LogP contribution in [0.5, 0.6) is 0 Å². The van der Waals surface area contributed by atoms with Crippen molar-refractivity contribution in [3.05, 3.63) is 40.3 Å². The molecule has 0 saturated heterocycles. The molecule has 1 aromatic carbocycles. The minimum atomic E-state index is -4.02. The summed E-state index contributed by atoms with van der Waals surface area (Å²) < 4.78 is 38.2. The molecule has 0 unspecified atom stereocenters. The summed E-state index contributed by atoms with van der Waals surface area (Å²) in [5, 5.41) is 0. The largest absolute Gasteiger partial charge is 0.443 e. The summed E-state index contributed by atoms with van der Waals surface area (Å²) in [7, 11) is -1.44. The zero-order chi connectivity index (χ0) is 24.8. The van der Waals surface area contributed by atoms with Crippen molar-refractivity contribution < 1.29 is 27.2 Å². The van der Waals surface area contributed by atoms with Gasteiger partial charge in [0.15, 0.2) is 0 Å². The number of ether oxygens (including phenoxy) is 1. The SMILES string of the molecule is CN(C)S(=O)(=O)NC(=O)c1cnc(N(C(=O)OC(C)(C)C)c2c3c(cc4c2CCC4)CCC3)o1. The van der Waals surface area contributed by atoms with Crippen LogP contribution in [0.25, 0.3) is 0 Å². The molecule has 34 heavy (non-hydrogen) atoms. The summed E-state index contributed by atoms with van der Waals surface area (Å²) in [6.45, 7) is 5.30. The third-order valence-corrected chi connectivity index (χ3v) is 7.26. The first kappa shape index (κ1) is 24.2. The van der Waals surface area contributed by atoms with Crippen LogP contribution in [0.4, 0.5) is 16.5 Å². The van der Waals surface area contributed by atoms with Gasteiger partial charge in [-0.3, -0.25) is 4.79 Å². The molecule has 1 aromatic heterocycles. The second kappa shape index (κ2) is 8.70. The summed E-state index contributed by atoms with van der Waals surface area (Å²) in [6, 6.07) is 2.10. The number of carbonyl (C=O) groups excluding carboxylic acids is 2. The van der Waals surface area contributed by atoms with E-state index in [9.17, 15) is 18.0 Å². The van der Waals surface area contributed by atoms with E-state index in [-0.39, 0.29) is 11.8 Å². The normalized spacial score (nSPS) is 15.2. The highest BCUT2D eigenvalue weighted by Gasteiger charge is 2.36. The molecule has 2 aliphatic rings. The van der Waals surface area contributed by atoms with Gasteiger partial charge >= 0.3 is 28.2 Å². The standard InChI is InChI=1S/C23H30N4O6S/c1-23(2,3)33-22(29)27(19-16-10-6-8-14(16)12-15-9-7-11-17(15)19)21-24-13-18(32-21)20(28)25-34(30,31)26(4)5/h12-13H,6-11H2,1-5H3,(H,25,28). The Morgan fingerprint density at radius 1 is 1.06 bits per heavy atom. The van der Waals surface area contributed by atoms with Gasteiger partial charge < -0.3 is 9.15 Å². The molecule has 0 radical (unpaired) electrons. The molecule has 0 spiro atoms. The molecule has 0 saturated carbocycles. The van der Waals surface area contributed by atoms with E-state index in [4.69, 9.17) is 9.15 Å². The molecule has 2 aliphatic carbocycles. The summed E-state index contributed by atoms with van der Waals surface area (Å²) in [5.41, 5.74) is 4.46. The molecule has 1 N–H and O–H groups in total. The molecule has 0 fully saturated rings. The number of rotatable bonds is 5. The number of fused-ring (bicyclic) bond motifs is 2. The second-order valence-electron chi connectivity index (χ2n) is 9.75. The van der Waals surface area contributed by atoms with Crippen molar-refractivity contribution in [1.82, 2.24) is 14.0 Å². The third-order valence-electron chi connectivity index (χ3n) is 5.85. The molecule has 184 valence electrons. The van der Waals surface area contributed by atoms with Gasteiger partial charge in [0.05, 0.1) is 11.9 Å². The van der Waals surface area contributed by atoms with Gasteiger partial charge in [-0.05, 0) is 81.5 Å². The number of carbonyl (C=O) groups is 2. The van der Waals surface area contributed by atoms with Gasteiger partial charge in [-0.15, -0.1) is 0 Å². The van der Waals surface area contributed by atoms with Crippen LogP contribution < -0.4 is 9.62 Å². The van der Waals surface area contributed by atoms with Crippen LogP contribution in [0, 0.1) is 0 Å². The maximum Gasteiger partial charge on any atom is 0.423 e. The zero-order valence-electron chi connectivity index (χ0n) is 20.1. The van der Waals surface area contributed by atoms with Gasteiger partial charge in [0.25, 0.3) is 0 Å². The molecule has 4 rings (SSSR count). The van der Waals surface area contributed by atoms with E-state index in [0.29, 0.717) is 5.69 Å². The molecule has 11 heteroatoms. The summed E-state index contributed by atoms with van der Waals surface area (Å²) in [6.07, 6.45) is 5.88. The van der Waals surface area contributed by atoms with Crippen molar-refractivity contribution in [2.75, 3.05) is 19.0 Å². The molecular formula is C23H30N4O6S. The maximum atomic E-state index is 13.5. The fourth-order valence-corrected chi connectivity index (χ4v) is 4.88. The lowest BCUT2D eigenvalue weighted by Crippen LogP contribution is -2.39. The van der Waals surface area contributed by atoms with Crippen molar-refractivity contribution in [3.8, 4) is 0 Å². The van der Waals surface area contributed by atoms with Gasteiger partial charge in [-0.25, -0.2) is 14.5 Å². The highest BCUT2D eigenvalue weighted by atomic mass is 32.2. The first-order valence-corrected chi connectivity index (χ1v) is 12.7. The molecule has 10 nitrogen and oxygen atoms in total. The smallest absolute Gasteiger partial charge is 0.423 e. The Hall–Kier alpha value is -2.92. The molecule has 0 aliphatic heterocycles. The van der Waals surface area contributed by atoms with E-state index in [1.165, 1.54) is 30.1 Å². The number of nitrogens with zero attached hydrogens (tertiary/aromatic N) is 3. The molecule has 0 atom stereocenters. The minimum absolute atomic E-state index is 0.143. The Bertz CT molecular complexity index is 1210. The van der Waals surface area contributed by atoms with E-state index < -0.39 is 27.8 Å². The Kier molecular flexibility index (Phi) is 6.19. The van der Waals surface area contributed by atoms with E-state index in [2.05, 4.69) is 11.1 Å². The first-order chi connectivity index (χ1) is 15.9.